The fourth-order valence-corrected chi connectivity index (χ4v) is 3.43. The Morgan fingerprint density at radius 1 is 1.10 bits per heavy atom. The van der Waals surface area contributed by atoms with E-state index < -0.39 is 5.97 Å². The van der Waals surface area contributed by atoms with Crippen LogP contribution in [0.2, 0.25) is 0 Å². The van der Waals surface area contributed by atoms with Gasteiger partial charge < -0.3 is 14.5 Å². The first-order valence-electron chi connectivity index (χ1n) is 10.0. The van der Waals surface area contributed by atoms with E-state index in [0.29, 0.717) is 31.9 Å². The molecule has 1 aromatic heterocycles. The van der Waals surface area contributed by atoms with Gasteiger partial charge in [-0.1, -0.05) is 13.3 Å². The highest BCUT2D eigenvalue weighted by Gasteiger charge is 2.24. The lowest BCUT2D eigenvalue weighted by molar-refractivity contribution is -0.132. The molecule has 8 heteroatoms. The molecule has 1 saturated heterocycles. The van der Waals surface area contributed by atoms with Gasteiger partial charge in [-0.3, -0.25) is 4.79 Å². The summed E-state index contributed by atoms with van der Waals surface area (Å²) >= 11 is 0. The maximum absolute atomic E-state index is 13.1. The molecule has 2 aromatic rings. The van der Waals surface area contributed by atoms with Crippen LogP contribution in [-0.4, -0.2) is 59.3 Å². The molecule has 0 bridgehead atoms. The molecule has 156 valence electrons. The van der Waals surface area contributed by atoms with Crippen LogP contribution in [0.5, 0.6) is 0 Å². The second-order valence-corrected chi connectivity index (χ2v) is 6.99. The van der Waals surface area contributed by atoms with E-state index in [-0.39, 0.29) is 24.9 Å². The second kappa shape index (κ2) is 9.54. The Bertz CT molecular complexity index is 842. The van der Waals surface area contributed by atoms with Gasteiger partial charge in [-0.25, -0.2) is 13.9 Å². The number of anilines is 1. The van der Waals surface area contributed by atoms with Crippen molar-refractivity contribution in [1.82, 2.24) is 14.7 Å². The Balaban J connectivity index is 1.63. The average molecular weight is 402 g/mol. The van der Waals surface area contributed by atoms with Crippen molar-refractivity contribution in [1.29, 1.82) is 0 Å². The van der Waals surface area contributed by atoms with E-state index in [9.17, 15) is 14.0 Å². The molecule has 2 heterocycles. The normalized spacial score (nSPS) is 14.2. The number of hydrogen-bond donors (Lipinski definition) is 0. The number of aromatic nitrogens is 2. The molecular weight excluding hydrogens is 375 g/mol. The van der Waals surface area contributed by atoms with Crippen molar-refractivity contribution in [2.75, 3.05) is 37.7 Å². The SMILES string of the molecule is CCCc1cc(C(=O)OCC)n(CC(=O)N2CCN(c3ccc(F)cc3)CC2)n1. The fourth-order valence-electron chi connectivity index (χ4n) is 3.43. The molecule has 0 atom stereocenters. The summed E-state index contributed by atoms with van der Waals surface area (Å²) in [5.74, 6) is -0.807. The molecule has 1 fully saturated rings. The van der Waals surface area contributed by atoms with Crippen LogP contribution in [0.25, 0.3) is 0 Å². The summed E-state index contributed by atoms with van der Waals surface area (Å²) in [5, 5.41) is 4.43. The Kier molecular flexibility index (Phi) is 6.85. The number of nitrogens with zero attached hydrogens (tertiary/aromatic N) is 4. The van der Waals surface area contributed by atoms with Gasteiger partial charge in [0.1, 0.15) is 18.1 Å². The van der Waals surface area contributed by atoms with Crippen molar-refractivity contribution in [3.8, 4) is 0 Å². The van der Waals surface area contributed by atoms with Crippen molar-refractivity contribution in [2.45, 2.75) is 33.2 Å². The third-order valence-electron chi connectivity index (χ3n) is 4.93. The first kappa shape index (κ1) is 20.8. The topological polar surface area (TPSA) is 67.7 Å². The summed E-state index contributed by atoms with van der Waals surface area (Å²) in [6.45, 7) is 6.53. The monoisotopic (exact) mass is 402 g/mol. The number of hydrogen-bond acceptors (Lipinski definition) is 5. The molecule has 0 radical (unpaired) electrons. The van der Waals surface area contributed by atoms with Gasteiger partial charge >= 0.3 is 5.97 Å². The number of aryl methyl sites for hydroxylation is 1. The Labute approximate surface area is 170 Å². The summed E-state index contributed by atoms with van der Waals surface area (Å²) in [5.41, 5.74) is 2.04. The number of esters is 1. The van der Waals surface area contributed by atoms with Crippen molar-refractivity contribution >= 4 is 17.6 Å². The molecule has 0 spiro atoms. The molecule has 1 aliphatic heterocycles. The number of rotatable bonds is 7. The maximum atomic E-state index is 13.1. The summed E-state index contributed by atoms with van der Waals surface area (Å²) in [7, 11) is 0. The third kappa shape index (κ3) is 5.13. The molecule has 1 amide bonds. The third-order valence-corrected chi connectivity index (χ3v) is 4.93. The van der Waals surface area contributed by atoms with Gasteiger partial charge in [0, 0.05) is 31.9 Å². The quantitative estimate of drug-likeness (QED) is 0.666. The fraction of sp³-hybridized carbons (Fsp3) is 0.476. The largest absolute Gasteiger partial charge is 0.461 e. The summed E-state index contributed by atoms with van der Waals surface area (Å²) in [4.78, 5) is 28.9. The van der Waals surface area contributed by atoms with Crippen molar-refractivity contribution in [3.05, 3.63) is 47.5 Å². The van der Waals surface area contributed by atoms with E-state index in [0.717, 1.165) is 24.2 Å². The smallest absolute Gasteiger partial charge is 0.356 e. The first-order chi connectivity index (χ1) is 14.0. The number of carbonyl (C=O) groups excluding carboxylic acids is 2. The maximum Gasteiger partial charge on any atom is 0.356 e. The molecule has 3 rings (SSSR count). The van der Waals surface area contributed by atoms with E-state index in [1.807, 2.05) is 6.92 Å². The Morgan fingerprint density at radius 2 is 1.79 bits per heavy atom. The van der Waals surface area contributed by atoms with Gasteiger partial charge in [0.25, 0.3) is 0 Å². The molecular formula is C21H27FN4O3. The molecule has 1 aromatic carbocycles. The zero-order valence-corrected chi connectivity index (χ0v) is 16.9. The van der Waals surface area contributed by atoms with Crippen molar-refractivity contribution in [2.24, 2.45) is 0 Å². The lowest BCUT2D eigenvalue weighted by Gasteiger charge is -2.36. The van der Waals surface area contributed by atoms with Crippen LogP contribution in [-0.2, 0) is 22.5 Å². The van der Waals surface area contributed by atoms with E-state index in [1.54, 1.807) is 30.0 Å². The van der Waals surface area contributed by atoms with Gasteiger partial charge in [-0.05, 0) is 43.7 Å². The number of ether oxygens (including phenoxy) is 1. The van der Waals surface area contributed by atoms with Crippen molar-refractivity contribution in [3.63, 3.8) is 0 Å². The molecule has 0 aliphatic carbocycles. The molecule has 0 N–H and O–H groups in total. The average Bonchev–Trinajstić information content (AvgIpc) is 3.11. The van der Waals surface area contributed by atoms with Crippen molar-refractivity contribution < 1.29 is 18.7 Å². The minimum absolute atomic E-state index is 0.00834. The zero-order chi connectivity index (χ0) is 20.8. The molecule has 7 nitrogen and oxygen atoms in total. The summed E-state index contributed by atoms with van der Waals surface area (Å²) in [6, 6.07) is 8.08. The van der Waals surface area contributed by atoms with E-state index in [4.69, 9.17) is 4.74 Å². The van der Waals surface area contributed by atoms with Crippen LogP contribution in [0.1, 0.15) is 36.5 Å². The van der Waals surface area contributed by atoms with Crippen LogP contribution in [0.3, 0.4) is 0 Å². The Hall–Kier alpha value is -2.90. The van der Waals surface area contributed by atoms with E-state index in [2.05, 4.69) is 10.00 Å². The minimum Gasteiger partial charge on any atom is -0.461 e. The highest BCUT2D eigenvalue weighted by Crippen LogP contribution is 2.17. The van der Waals surface area contributed by atoms with Crippen LogP contribution < -0.4 is 4.90 Å². The molecule has 29 heavy (non-hydrogen) atoms. The van der Waals surface area contributed by atoms with Crippen LogP contribution in [0.15, 0.2) is 30.3 Å². The van der Waals surface area contributed by atoms with Crippen LogP contribution >= 0.6 is 0 Å². The number of amides is 1. The number of piperazine rings is 1. The van der Waals surface area contributed by atoms with Crippen LogP contribution in [0.4, 0.5) is 10.1 Å². The lowest BCUT2D eigenvalue weighted by Crippen LogP contribution is -2.49. The molecule has 0 saturated carbocycles. The summed E-state index contributed by atoms with van der Waals surface area (Å²) < 4.78 is 19.7. The molecule has 1 aliphatic rings. The standard InChI is InChI=1S/C21H27FN4O3/c1-3-5-17-14-19(21(28)29-4-2)26(23-17)15-20(27)25-12-10-24(11-13-25)18-8-6-16(22)7-9-18/h6-9,14H,3-5,10-13,15H2,1-2H3. The van der Waals surface area contributed by atoms with Gasteiger partial charge in [-0.2, -0.15) is 5.10 Å². The van der Waals surface area contributed by atoms with Crippen LogP contribution in [0, 0.1) is 5.82 Å². The lowest BCUT2D eigenvalue weighted by atomic mass is 10.2. The highest BCUT2D eigenvalue weighted by molar-refractivity contribution is 5.88. The molecule has 0 unspecified atom stereocenters. The summed E-state index contributed by atoms with van der Waals surface area (Å²) in [6.07, 6.45) is 1.64. The van der Waals surface area contributed by atoms with Gasteiger partial charge in [0.05, 0.1) is 12.3 Å². The highest BCUT2D eigenvalue weighted by atomic mass is 19.1. The number of benzene rings is 1. The van der Waals surface area contributed by atoms with Gasteiger partial charge in [0.2, 0.25) is 5.91 Å². The minimum atomic E-state index is -0.462. The first-order valence-corrected chi connectivity index (χ1v) is 10.0. The predicted octanol–water partition coefficient (Wildman–Crippen LogP) is 2.50. The van der Waals surface area contributed by atoms with E-state index >= 15 is 0 Å². The Morgan fingerprint density at radius 3 is 2.41 bits per heavy atom. The van der Waals surface area contributed by atoms with Gasteiger partial charge in [0.15, 0.2) is 0 Å². The predicted molar refractivity (Wildman–Crippen MR) is 107 cm³/mol. The second-order valence-electron chi connectivity index (χ2n) is 6.99. The van der Waals surface area contributed by atoms with Gasteiger partial charge in [-0.15, -0.1) is 0 Å². The zero-order valence-electron chi connectivity index (χ0n) is 16.9. The number of halogens is 1. The number of carbonyl (C=O) groups is 2. The van der Waals surface area contributed by atoms with E-state index in [1.165, 1.54) is 16.8 Å².